The Morgan fingerprint density at radius 2 is 1.90 bits per heavy atom. The highest BCUT2D eigenvalue weighted by Gasteiger charge is 2.17. The van der Waals surface area contributed by atoms with Crippen molar-refractivity contribution in [2.45, 2.75) is 25.8 Å². The highest BCUT2D eigenvalue weighted by molar-refractivity contribution is 5.70. The molecule has 0 aliphatic heterocycles. The fourth-order valence-electron chi connectivity index (χ4n) is 1.95. The first kappa shape index (κ1) is 16.3. The minimum absolute atomic E-state index is 0.0952. The number of carbonyl (C=O) groups excluding carboxylic acids is 1. The van der Waals surface area contributed by atoms with Gasteiger partial charge in [-0.05, 0) is 30.7 Å². The summed E-state index contributed by atoms with van der Waals surface area (Å²) in [5.74, 6) is 1.08. The lowest BCUT2D eigenvalue weighted by molar-refractivity contribution is -0.141. The monoisotopic (exact) mass is 281 g/mol. The van der Waals surface area contributed by atoms with Gasteiger partial charge >= 0.3 is 5.97 Å². The maximum absolute atomic E-state index is 11.5. The normalized spacial score (nSPS) is 11.8. The molecule has 1 aromatic rings. The summed E-state index contributed by atoms with van der Waals surface area (Å²) >= 11 is 0. The Balaban J connectivity index is 2.96. The van der Waals surface area contributed by atoms with Crippen LogP contribution >= 0.6 is 0 Å². The van der Waals surface area contributed by atoms with E-state index >= 15 is 0 Å². The fourth-order valence-corrected chi connectivity index (χ4v) is 1.95. The molecule has 0 bridgehead atoms. The number of esters is 1. The maximum atomic E-state index is 11.5. The molecule has 5 heteroatoms. The third-order valence-electron chi connectivity index (χ3n) is 3.05. The molecule has 0 aromatic heterocycles. The number of benzene rings is 1. The third-order valence-corrected chi connectivity index (χ3v) is 3.05. The molecule has 0 aliphatic carbocycles. The lowest BCUT2D eigenvalue weighted by Crippen LogP contribution is -2.25. The second kappa shape index (κ2) is 8.43. The van der Waals surface area contributed by atoms with Crippen molar-refractivity contribution in [1.29, 1.82) is 0 Å². The zero-order chi connectivity index (χ0) is 15.0. The van der Waals surface area contributed by atoms with E-state index in [1.165, 1.54) is 7.11 Å². The predicted octanol–water partition coefficient (Wildman–Crippen LogP) is 2.31. The molecular weight excluding hydrogens is 258 g/mol. The van der Waals surface area contributed by atoms with Crippen LogP contribution in [0.5, 0.6) is 11.5 Å². The Bertz CT molecular complexity index is 434. The van der Waals surface area contributed by atoms with Crippen LogP contribution in [0.25, 0.3) is 0 Å². The van der Waals surface area contributed by atoms with Crippen LogP contribution in [0.3, 0.4) is 0 Å². The highest BCUT2D eigenvalue weighted by atomic mass is 16.5. The number of nitrogens with one attached hydrogen (secondary N) is 1. The van der Waals surface area contributed by atoms with E-state index in [0.717, 1.165) is 18.5 Å². The van der Waals surface area contributed by atoms with Gasteiger partial charge in [0, 0.05) is 6.04 Å². The number of rotatable bonds is 8. The molecule has 0 radical (unpaired) electrons. The van der Waals surface area contributed by atoms with Gasteiger partial charge in [0.05, 0.1) is 27.8 Å². The maximum Gasteiger partial charge on any atom is 0.307 e. The minimum atomic E-state index is -0.242. The quantitative estimate of drug-likeness (QED) is 0.741. The van der Waals surface area contributed by atoms with Crippen LogP contribution in [0.1, 0.15) is 31.4 Å². The van der Waals surface area contributed by atoms with E-state index in [9.17, 15) is 4.79 Å². The van der Waals surface area contributed by atoms with Gasteiger partial charge in [-0.1, -0.05) is 13.0 Å². The summed E-state index contributed by atoms with van der Waals surface area (Å²) in [6, 6.07) is 5.56. The van der Waals surface area contributed by atoms with Gasteiger partial charge in [-0.15, -0.1) is 0 Å². The molecule has 0 aliphatic rings. The number of ether oxygens (including phenoxy) is 3. The number of carbonyl (C=O) groups is 1. The van der Waals surface area contributed by atoms with Gasteiger partial charge in [-0.3, -0.25) is 4.79 Å². The van der Waals surface area contributed by atoms with E-state index in [0.29, 0.717) is 11.5 Å². The van der Waals surface area contributed by atoms with E-state index in [4.69, 9.17) is 14.2 Å². The van der Waals surface area contributed by atoms with Gasteiger partial charge in [-0.2, -0.15) is 0 Å². The van der Waals surface area contributed by atoms with Gasteiger partial charge in [-0.25, -0.2) is 0 Å². The highest BCUT2D eigenvalue weighted by Crippen LogP contribution is 2.31. The first-order valence-electron chi connectivity index (χ1n) is 6.68. The van der Waals surface area contributed by atoms with Crippen LogP contribution in [-0.4, -0.2) is 33.8 Å². The summed E-state index contributed by atoms with van der Waals surface area (Å²) in [7, 11) is 4.59. The van der Waals surface area contributed by atoms with Crippen LogP contribution in [0, 0.1) is 0 Å². The molecule has 1 N–H and O–H groups in total. The molecule has 0 saturated carbocycles. The van der Waals surface area contributed by atoms with Crippen molar-refractivity contribution >= 4 is 5.97 Å². The molecule has 20 heavy (non-hydrogen) atoms. The van der Waals surface area contributed by atoms with Gasteiger partial charge < -0.3 is 19.5 Å². The minimum Gasteiger partial charge on any atom is -0.493 e. The Hall–Kier alpha value is -1.75. The Morgan fingerprint density at radius 1 is 1.20 bits per heavy atom. The van der Waals surface area contributed by atoms with E-state index in [2.05, 4.69) is 12.2 Å². The molecule has 1 unspecified atom stereocenters. The summed E-state index contributed by atoms with van der Waals surface area (Å²) in [5, 5.41) is 3.34. The zero-order valence-corrected chi connectivity index (χ0v) is 12.6. The first-order chi connectivity index (χ1) is 9.65. The van der Waals surface area contributed by atoms with Crippen LogP contribution in [-0.2, 0) is 9.53 Å². The summed E-state index contributed by atoms with van der Waals surface area (Å²) < 4.78 is 15.3. The summed E-state index contributed by atoms with van der Waals surface area (Å²) in [4.78, 5) is 11.5. The first-order valence-corrected chi connectivity index (χ1v) is 6.68. The molecule has 112 valence electrons. The van der Waals surface area contributed by atoms with Crippen molar-refractivity contribution in [2.24, 2.45) is 0 Å². The van der Waals surface area contributed by atoms with Crippen molar-refractivity contribution in [1.82, 2.24) is 5.32 Å². The number of hydrogen-bond acceptors (Lipinski definition) is 5. The molecule has 0 fully saturated rings. The molecule has 0 heterocycles. The lowest BCUT2D eigenvalue weighted by Gasteiger charge is -2.19. The van der Waals surface area contributed by atoms with Crippen molar-refractivity contribution in [3.05, 3.63) is 23.8 Å². The van der Waals surface area contributed by atoms with Crippen LogP contribution in [0.4, 0.5) is 0 Å². The predicted molar refractivity (Wildman–Crippen MR) is 77.2 cm³/mol. The van der Waals surface area contributed by atoms with E-state index in [-0.39, 0.29) is 18.4 Å². The Morgan fingerprint density at radius 3 is 2.45 bits per heavy atom. The molecule has 1 aromatic carbocycles. The average Bonchev–Trinajstić information content (AvgIpc) is 2.50. The van der Waals surface area contributed by atoms with Gasteiger partial charge in [0.2, 0.25) is 0 Å². The molecule has 0 spiro atoms. The number of methoxy groups -OCH3 is 3. The van der Waals surface area contributed by atoms with Crippen molar-refractivity contribution in [2.75, 3.05) is 27.9 Å². The molecule has 1 rings (SSSR count). The molecule has 0 amide bonds. The van der Waals surface area contributed by atoms with E-state index in [1.54, 1.807) is 14.2 Å². The van der Waals surface area contributed by atoms with E-state index in [1.807, 2.05) is 18.2 Å². The van der Waals surface area contributed by atoms with Crippen molar-refractivity contribution in [3.8, 4) is 11.5 Å². The molecular formula is C15H23NO4. The molecule has 0 saturated heterocycles. The topological polar surface area (TPSA) is 56.8 Å². The van der Waals surface area contributed by atoms with Crippen molar-refractivity contribution < 1.29 is 19.0 Å². The molecule has 5 nitrogen and oxygen atoms in total. The Labute approximate surface area is 120 Å². The lowest BCUT2D eigenvalue weighted by atomic mass is 10.0. The SMILES string of the molecule is CCCNC(CC(=O)OC)c1ccc(OC)c(OC)c1. The standard InChI is InChI=1S/C15H23NO4/c1-5-8-16-12(10-15(17)20-4)11-6-7-13(18-2)14(9-11)19-3/h6-7,9,12,16H,5,8,10H2,1-4H3. The van der Waals surface area contributed by atoms with E-state index < -0.39 is 0 Å². The summed E-state index contributed by atoms with van der Waals surface area (Å²) in [6.45, 7) is 2.91. The van der Waals surface area contributed by atoms with Gasteiger partial charge in [0.1, 0.15) is 0 Å². The van der Waals surface area contributed by atoms with Crippen LogP contribution in [0.15, 0.2) is 18.2 Å². The summed E-state index contributed by atoms with van der Waals surface area (Å²) in [5.41, 5.74) is 0.974. The Kier molecular flexibility index (Phi) is 6.87. The van der Waals surface area contributed by atoms with Gasteiger partial charge in [0.25, 0.3) is 0 Å². The third kappa shape index (κ3) is 4.42. The van der Waals surface area contributed by atoms with Crippen LogP contribution in [0.2, 0.25) is 0 Å². The fraction of sp³-hybridized carbons (Fsp3) is 0.533. The zero-order valence-electron chi connectivity index (χ0n) is 12.6. The second-order valence-electron chi connectivity index (χ2n) is 4.40. The summed E-state index contributed by atoms with van der Waals surface area (Å²) in [6.07, 6.45) is 1.27. The smallest absolute Gasteiger partial charge is 0.307 e. The van der Waals surface area contributed by atoms with Crippen LogP contribution < -0.4 is 14.8 Å². The largest absolute Gasteiger partial charge is 0.493 e. The molecule has 1 atom stereocenters. The van der Waals surface area contributed by atoms with Crippen molar-refractivity contribution in [3.63, 3.8) is 0 Å². The van der Waals surface area contributed by atoms with Gasteiger partial charge in [0.15, 0.2) is 11.5 Å². The average molecular weight is 281 g/mol. The second-order valence-corrected chi connectivity index (χ2v) is 4.40. The number of hydrogen-bond donors (Lipinski definition) is 1.